The molecule has 0 saturated carbocycles. The van der Waals surface area contributed by atoms with Crippen LogP contribution in [0.25, 0.3) is 10.9 Å². The summed E-state index contributed by atoms with van der Waals surface area (Å²) in [7, 11) is 3.15. The van der Waals surface area contributed by atoms with Crippen LogP contribution in [0.3, 0.4) is 0 Å². The molecule has 8 heteroatoms. The molecule has 2 aromatic rings. The van der Waals surface area contributed by atoms with Gasteiger partial charge in [0.25, 0.3) is 0 Å². The zero-order valence-electron chi connectivity index (χ0n) is 16.9. The van der Waals surface area contributed by atoms with E-state index in [0.717, 1.165) is 16.5 Å². The van der Waals surface area contributed by atoms with E-state index >= 15 is 0 Å². The Hall–Kier alpha value is -3.03. The Labute approximate surface area is 164 Å². The maximum Gasteiger partial charge on any atom is 0.408 e. The Balaban J connectivity index is 2.22. The van der Waals surface area contributed by atoms with Crippen molar-refractivity contribution in [3.05, 3.63) is 36.0 Å². The summed E-state index contributed by atoms with van der Waals surface area (Å²) in [5.74, 6) is -1.07. The highest BCUT2D eigenvalue weighted by molar-refractivity contribution is 5.90. The van der Waals surface area contributed by atoms with Crippen LogP contribution >= 0.6 is 0 Å². The van der Waals surface area contributed by atoms with Crippen molar-refractivity contribution in [2.45, 2.75) is 38.8 Å². The number of para-hydroxylation sites is 1. The Morgan fingerprint density at radius 2 is 1.86 bits per heavy atom. The van der Waals surface area contributed by atoms with E-state index in [0.29, 0.717) is 0 Å². The zero-order valence-corrected chi connectivity index (χ0v) is 16.9. The third kappa shape index (κ3) is 5.73. The standard InChI is InChI=1S/C20H27N3O5/c1-20(2,3)28-19(26)22-15(18(25)21-11-17(24)27-5)10-13-12-23(4)16-9-7-6-8-14(13)16/h6-9,12,15H,10-11H2,1-5H3,(H,21,25)(H,22,26)/t15-/m0/s1. The molecule has 1 aromatic heterocycles. The zero-order chi connectivity index (χ0) is 20.9. The van der Waals surface area contributed by atoms with Crippen LogP contribution in [0, 0.1) is 0 Å². The van der Waals surface area contributed by atoms with E-state index in [9.17, 15) is 14.4 Å². The number of carbonyl (C=O) groups excluding carboxylic acids is 3. The van der Waals surface area contributed by atoms with Gasteiger partial charge in [0.2, 0.25) is 5.91 Å². The molecule has 0 unspecified atom stereocenters. The molecule has 0 aliphatic carbocycles. The molecular formula is C20H27N3O5. The number of nitrogens with zero attached hydrogens (tertiary/aromatic N) is 1. The van der Waals surface area contributed by atoms with Crippen LogP contribution < -0.4 is 10.6 Å². The van der Waals surface area contributed by atoms with E-state index in [2.05, 4.69) is 15.4 Å². The van der Waals surface area contributed by atoms with Gasteiger partial charge in [0.1, 0.15) is 18.2 Å². The summed E-state index contributed by atoms with van der Waals surface area (Å²) in [6.45, 7) is 4.94. The fraction of sp³-hybridized carbons (Fsp3) is 0.450. The third-order valence-corrected chi connectivity index (χ3v) is 4.05. The van der Waals surface area contributed by atoms with Gasteiger partial charge in [-0.05, 0) is 32.4 Å². The fourth-order valence-electron chi connectivity index (χ4n) is 2.82. The van der Waals surface area contributed by atoms with Crippen molar-refractivity contribution in [1.82, 2.24) is 15.2 Å². The molecule has 0 radical (unpaired) electrons. The molecular weight excluding hydrogens is 362 g/mol. The highest BCUT2D eigenvalue weighted by Crippen LogP contribution is 2.21. The average Bonchev–Trinajstić information content (AvgIpc) is 2.93. The Bertz CT molecular complexity index is 866. The van der Waals surface area contributed by atoms with Crippen molar-refractivity contribution >= 4 is 28.9 Å². The maximum atomic E-state index is 12.6. The van der Waals surface area contributed by atoms with E-state index in [-0.39, 0.29) is 13.0 Å². The van der Waals surface area contributed by atoms with Gasteiger partial charge in [-0.3, -0.25) is 9.59 Å². The van der Waals surface area contributed by atoms with Gasteiger partial charge in [-0.1, -0.05) is 18.2 Å². The first-order valence-corrected chi connectivity index (χ1v) is 8.97. The summed E-state index contributed by atoms with van der Waals surface area (Å²) in [6, 6.07) is 6.88. The number of benzene rings is 1. The van der Waals surface area contributed by atoms with Crippen molar-refractivity contribution in [1.29, 1.82) is 0 Å². The number of aryl methyl sites for hydroxylation is 1. The molecule has 152 valence electrons. The first-order chi connectivity index (χ1) is 13.1. The number of esters is 1. The molecule has 0 aliphatic heterocycles. The van der Waals surface area contributed by atoms with Crippen LogP contribution in [0.2, 0.25) is 0 Å². The second kappa shape index (κ2) is 8.77. The summed E-state index contributed by atoms with van der Waals surface area (Å²) in [4.78, 5) is 36.2. The predicted octanol–water partition coefficient (Wildman–Crippen LogP) is 1.90. The fourth-order valence-corrected chi connectivity index (χ4v) is 2.82. The lowest BCUT2D eigenvalue weighted by Gasteiger charge is -2.23. The first-order valence-electron chi connectivity index (χ1n) is 8.97. The number of amides is 2. The molecule has 1 atom stereocenters. The molecule has 0 bridgehead atoms. The molecule has 0 aliphatic rings. The largest absolute Gasteiger partial charge is 0.468 e. The molecule has 0 spiro atoms. The second-order valence-corrected chi connectivity index (χ2v) is 7.48. The predicted molar refractivity (Wildman–Crippen MR) is 105 cm³/mol. The smallest absolute Gasteiger partial charge is 0.408 e. The number of alkyl carbamates (subject to hydrolysis) is 1. The number of aromatic nitrogens is 1. The van der Waals surface area contributed by atoms with Gasteiger partial charge in [-0.25, -0.2) is 4.79 Å². The molecule has 0 saturated heterocycles. The van der Waals surface area contributed by atoms with Crippen LogP contribution in [0.1, 0.15) is 26.3 Å². The molecule has 2 amide bonds. The van der Waals surface area contributed by atoms with E-state index < -0.39 is 29.6 Å². The second-order valence-electron chi connectivity index (χ2n) is 7.48. The van der Waals surface area contributed by atoms with Crippen molar-refractivity contribution in [3.63, 3.8) is 0 Å². The number of hydrogen-bond acceptors (Lipinski definition) is 5. The Kier molecular flexibility index (Phi) is 6.66. The number of nitrogens with one attached hydrogen (secondary N) is 2. The molecule has 1 heterocycles. The summed E-state index contributed by atoms with van der Waals surface area (Å²) >= 11 is 0. The molecule has 0 fully saturated rings. The molecule has 28 heavy (non-hydrogen) atoms. The van der Waals surface area contributed by atoms with Gasteiger partial charge in [0, 0.05) is 30.6 Å². The van der Waals surface area contributed by atoms with E-state index in [1.165, 1.54) is 7.11 Å². The van der Waals surface area contributed by atoms with Crippen LogP contribution in [0.15, 0.2) is 30.5 Å². The summed E-state index contributed by atoms with van der Waals surface area (Å²) in [5.41, 5.74) is 1.21. The van der Waals surface area contributed by atoms with Gasteiger partial charge >= 0.3 is 12.1 Å². The van der Waals surface area contributed by atoms with Gasteiger partial charge in [-0.2, -0.15) is 0 Å². The lowest BCUT2D eigenvalue weighted by Crippen LogP contribution is -2.50. The topological polar surface area (TPSA) is 98.7 Å². The third-order valence-electron chi connectivity index (χ3n) is 4.05. The van der Waals surface area contributed by atoms with Gasteiger partial charge in [-0.15, -0.1) is 0 Å². The minimum absolute atomic E-state index is 0.244. The van der Waals surface area contributed by atoms with Crippen molar-refractivity contribution in [2.24, 2.45) is 7.05 Å². The highest BCUT2D eigenvalue weighted by Gasteiger charge is 2.26. The highest BCUT2D eigenvalue weighted by atomic mass is 16.6. The summed E-state index contributed by atoms with van der Waals surface area (Å²) in [6.07, 6.45) is 1.46. The van der Waals surface area contributed by atoms with Gasteiger partial charge < -0.3 is 24.7 Å². The monoisotopic (exact) mass is 389 g/mol. The number of fused-ring (bicyclic) bond motifs is 1. The summed E-state index contributed by atoms with van der Waals surface area (Å²) in [5, 5.41) is 6.08. The van der Waals surface area contributed by atoms with Gasteiger partial charge in [0.05, 0.1) is 7.11 Å². The lowest BCUT2D eigenvalue weighted by molar-refractivity contribution is -0.141. The van der Waals surface area contributed by atoms with Crippen molar-refractivity contribution in [2.75, 3.05) is 13.7 Å². The van der Waals surface area contributed by atoms with Gasteiger partial charge in [0.15, 0.2) is 0 Å². The van der Waals surface area contributed by atoms with E-state index in [4.69, 9.17) is 4.74 Å². The first kappa shape index (κ1) is 21.3. The lowest BCUT2D eigenvalue weighted by atomic mass is 10.0. The van der Waals surface area contributed by atoms with E-state index in [1.807, 2.05) is 42.1 Å². The number of carbonyl (C=O) groups is 3. The Morgan fingerprint density at radius 3 is 2.50 bits per heavy atom. The molecule has 2 N–H and O–H groups in total. The number of methoxy groups -OCH3 is 1. The van der Waals surface area contributed by atoms with Crippen LogP contribution in [-0.2, 0) is 32.5 Å². The maximum absolute atomic E-state index is 12.6. The minimum atomic E-state index is -0.912. The van der Waals surface area contributed by atoms with Crippen molar-refractivity contribution < 1.29 is 23.9 Å². The molecule has 2 rings (SSSR count). The number of hydrogen-bond donors (Lipinski definition) is 2. The number of rotatable bonds is 6. The average molecular weight is 389 g/mol. The van der Waals surface area contributed by atoms with Crippen molar-refractivity contribution in [3.8, 4) is 0 Å². The summed E-state index contributed by atoms with van der Waals surface area (Å²) < 4.78 is 11.8. The quantitative estimate of drug-likeness (QED) is 0.736. The Morgan fingerprint density at radius 1 is 1.18 bits per heavy atom. The molecule has 1 aromatic carbocycles. The molecule has 8 nitrogen and oxygen atoms in total. The van der Waals surface area contributed by atoms with Crippen LogP contribution in [0.5, 0.6) is 0 Å². The van der Waals surface area contributed by atoms with E-state index in [1.54, 1.807) is 20.8 Å². The van der Waals surface area contributed by atoms with Crippen LogP contribution in [-0.4, -0.2) is 47.8 Å². The SMILES string of the molecule is COC(=O)CNC(=O)[C@H](Cc1cn(C)c2ccccc12)NC(=O)OC(C)(C)C. The number of ether oxygens (including phenoxy) is 2. The minimum Gasteiger partial charge on any atom is -0.468 e. The normalized spacial score (nSPS) is 12.3. The van der Waals surface area contributed by atoms with Crippen LogP contribution in [0.4, 0.5) is 4.79 Å².